The lowest BCUT2D eigenvalue weighted by Crippen LogP contribution is -2.44. The van der Waals surface area contributed by atoms with Gasteiger partial charge in [0.15, 0.2) is 5.16 Å². The summed E-state index contributed by atoms with van der Waals surface area (Å²) in [4.78, 5) is 33.2. The Labute approximate surface area is 135 Å². The molecule has 122 valence electrons. The van der Waals surface area contributed by atoms with Crippen molar-refractivity contribution in [3.8, 4) is 0 Å². The Morgan fingerprint density at radius 3 is 3.00 bits per heavy atom. The van der Waals surface area contributed by atoms with Gasteiger partial charge in [0, 0.05) is 24.3 Å². The van der Waals surface area contributed by atoms with E-state index in [1.165, 1.54) is 24.2 Å². The number of rotatable bonds is 6. The van der Waals surface area contributed by atoms with Gasteiger partial charge in [-0.2, -0.15) is 0 Å². The molecule has 0 radical (unpaired) electrons. The zero-order valence-electron chi connectivity index (χ0n) is 13.4. The Kier molecular flexibility index (Phi) is 6.49. The molecule has 1 aromatic heterocycles. The highest BCUT2D eigenvalue weighted by Crippen LogP contribution is 2.21. The molecule has 1 fully saturated rings. The van der Waals surface area contributed by atoms with Gasteiger partial charge in [-0.05, 0) is 32.1 Å². The number of carbonyl (C=O) groups excluding carboxylic acids is 1. The van der Waals surface area contributed by atoms with Crippen molar-refractivity contribution in [1.29, 1.82) is 0 Å². The van der Waals surface area contributed by atoms with Crippen LogP contribution in [0.3, 0.4) is 0 Å². The van der Waals surface area contributed by atoms with Crippen molar-refractivity contribution in [2.45, 2.75) is 63.6 Å². The monoisotopic (exact) mass is 323 g/mol. The fraction of sp³-hybridized carbons (Fsp3) is 0.688. The van der Waals surface area contributed by atoms with Gasteiger partial charge in [-0.1, -0.05) is 32.0 Å². The van der Waals surface area contributed by atoms with E-state index in [0.29, 0.717) is 17.0 Å². The number of hydrogen-bond donors (Lipinski definition) is 1. The highest BCUT2D eigenvalue weighted by molar-refractivity contribution is 7.99. The van der Waals surface area contributed by atoms with Crippen LogP contribution in [0.4, 0.5) is 0 Å². The maximum atomic E-state index is 12.4. The number of aromatic nitrogens is 2. The molecule has 6 heteroatoms. The van der Waals surface area contributed by atoms with Crippen LogP contribution in [0.5, 0.6) is 0 Å². The number of H-pyrrole nitrogens is 1. The molecule has 1 aliphatic rings. The van der Waals surface area contributed by atoms with Crippen molar-refractivity contribution in [2.24, 2.45) is 0 Å². The molecule has 0 spiro atoms. The summed E-state index contributed by atoms with van der Waals surface area (Å²) in [6.07, 6.45) is 6.16. The van der Waals surface area contributed by atoms with Crippen molar-refractivity contribution in [3.63, 3.8) is 0 Å². The molecule has 0 aromatic carbocycles. The van der Waals surface area contributed by atoms with Crippen LogP contribution >= 0.6 is 11.8 Å². The summed E-state index contributed by atoms with van der Waals surface area (Å²) >= 11 is 1.33. The van der Waals surface area contributed by atoms with Crippen LogP contribution in [0.15, 0.2) is 16.0 Å². The predicted octanol–water partition coefficient (Wildman–Crippen LogP) is 2.61. The Balaban J connectivity index is 1.97. The topological polar surface area (TPSA) is 66.1 Å². The third-order valence-corrected chi connectivity index (χ3v) is 4.89. The van der Waals surface area contributed by atoms with Crippen LogP contribution in [0.25, 0.3) is 0 Å². The number of likely N-dealkylation sites (tertiary alicyclic amines) is 1. The van der Waals surface area contributed by atoms with Crippen LogP contribution in [0.1, 0.15) is 51.6 Å². The van der Waals surface area contributed by atoms with Crippen LogP contribution in [-0.2, 0) is 11.2 Å². The Morgan fingerprint density at radius 2 is 2.27 bits per heavy atom. The third-order valence-electron chi connectivity index (χ3n) is 4.03. The molecule has 1 aliphatic heterocycles. The van der Waals surface area contributed by atoms with Crippen molar-refractivity contribution in [1.82, 2.24) is 14.9 Å². The summed E-state index contributed by atoms with van der Waals surface area (Å²) in [7, 11) is 0. The molecule has 1 aromatic rings. The SMILES string of the molecule is CCCc1cc(=O)[nH]c(SCC(=O)N2CCCC[C@H]2CC)n1. The summed E-state index contributed by atoms with van der Waals surface area (Å²) in [5, 5.41) is 0.550. The molecule has 2 heterocycles. The van der Waals surface area contributed by atoms with Gasteiger partial charge in [-0.15, -0.1) is 0 Å². The smallest absolute Gasteiger partial charge is 0.251 e. The average molecular weight is 323 g/mol. The molecular weight excluding hydrogens is 298 g/mol. The summed E-state index contributed by atoms with van der Waals surface area (Å²) in [5.41, 5.74) is 0.656. The van der Waals surface area contributed by atoms with Crippen molar-refractivity contribution in [3.05, 3.63) is 22.1 Å². The number of carbonyl (C=O) groups is 1. The van der Waals surface area contributed by atoms with Crippen LogP contribution in [0, 0.1) is 0 Å². The first-order chi connectivity index (χ1) is 10.6. The van der Waals surface area contributed by atoms with Gasteiger partial charge >= 0.3 is 0 Å². The summed E-state index contributed by atoms with van der Waals surface area (Å²) < 4.78 is 0. The van der Waals surface area contributed by atoms with E-state index < -0.39 is 0 Å². The number of aromatic amines is 1. The molecular formula is C16H25N3O2S. The fourth-order valence-electron chi connectivity index (χ4n) is 2.90. The minimum atomic E-state index is -0.141. The van der Waals surface area contributed by atoms with Crippen molar-refractivity contribution >= 4 is 17.7 Å². The van der Waals surface area contributed by atoms with Gasteiger partial charge in [-0.25, -0.2) is 4.98 Å². The molecule has 0 saturated carbocycles. The number of thioether (sulfide) groups is 1. The van der Waals surface area contributed by atoms with Gasteiger partial charge in [0.05, 0.1) is 5.75 Å². The van der Waals surface area contributed by atoms with E-state index in [1.807, 2.05) is 4.90 Å². The fourth-order valence-corrected chi connectivity index (χ4v) is 3.68. The van der Waals surface area contributed by atoms with E-state index in [1.54, 1.807) is 0 Å². The minimum absolute atomic E-state index is 0.141. The quantitative estimate of drug-likeness (QED) is 0.645. The normalized spacial score (nSPS) is 18.5. The van der Waals surface area contributed by atoms with E-state index in [0.717, 1.165) is 44.3 Å². The first kappa shape index (κ1) is 17.1. The van der Waals surface area contributed by atoms with Crippen LogP contribution < -0.4 is 5.56 Å². The van der Waals surface area contributed by atoms with Crippen molar-refractivity contribution < 1.29 is 4.79 Å². The summed E-state index contributed by atoms with van der Waals surface area (Å²) in [6, 6.07) is 1.91. The molecule has 5 nitrogen and oxygen atoms in total. The molecule has 2 rings (SSSR count). The molecule has 0 aliphatic carbocycles. The second-order valence-electron chi connectivity index (χ2n) is 5.73. The van der Waals surface area contributed by atoms with E-state index in [-0.39, 0.29) is 11.5 Å². The Bertz CT molecular complexity index is 559. The first-order valence-electron chi connectivity index (χ1n) is 8.16. The van der Waals surface area contributed by atoms with Gasteiger partial charge in [0.2, 0.25) is 5.91 Å². The second-order valence-corrected chi connectivity index (χ2v) is 6.69. The number of hydrogen-bond acceptors (Lipinski definition) is 4. The number of amides is 1. The summed E-state index contributed by atoms with van der Waals surface area (Å²) in [5.74, 6) is 0.495. The average Bonchev–Trinajstić information content (AvgIpc) is 2.52. The number of aryl methyl sites for hydroxylation is 1. The minimum Gasteiger partial charge on any atom is -0.339 e. The summed E-state index contributed by atoms with van der Waals surface area (Å²) in [6.45, 7) is 5.05. The largest absolute Gasteiger partial charge is 0.339 e. The molecule has 1 saturated heterocycles. The lowest BCUT2D eigenvalue weighted by Gasteiger charge is -2.35. The van der Waals surface area contributed by atoms with E-state index in [4.69, 9.17) is 0 Å². The molecule has 0 bridgehead atoms. The van der Waals surface area contributed by atoms with E-state index in [9.17, 15) is 9.59 Å². The third kappa shape index (κ3) is 4.60. The van der Waals surface area contributed by atoms with Crippen LogP contribution in [0.2, 0.25) is 0 Å². The lowest BCUT2D eigenvalue weighted by molar-refractivity contribution is -0.132. The number of nitrogens with one attached hydrogen (secondary N) is 1. The standard InChI is InChI=1S/C16H25N3O2S/c1-3-7-12-10-14(20)18-16(17-12)22-11-15(21)19-9-6-5-8-13(19)4-2/h10,13H,3-9,11H2,1-2H3,(H,17,18,20)/t13-/m1/s1. The predicted molar refractivity (Wildman–Crippen MR) is 89.2 cm³/mol. The number of nitrogens with zero attached hydrogens (tertiary/aromatic N) is 2. The Morgan fingerprint density at radius 1 is 1.45 bits per heavy atom. The highest BCUT2D eigenvalue weighted by Gasteiger charge is 2.25. The zero-order chi connectivity index (χ0) is 15.9. The maximum Gasteiger partial charge on any atom is 0.251 e. The lowest BCUT2D eigenvalue weighted by atomic mass is 10.0. The van der Waals surface area contributed by atoms with E-state index in [2.05, 4.69) is 23.8 Å². The van der Waals surface area contributed by atoms with Gasteiger partial charge in [-0.3, -0.25) is 9.59 Å². The number of piperidine rings is 1. The zero-order valence-corrected chi connectivity index (χ0v) is 14.2. The Hall–Kier alpha value is -1.30. The van der Waals surface area contributed by atoms with E-state index >= 15 is 0 Å². The maximum absolute atomic E-state index is 12.4. The second kappa shape index (κ2) is 8.36. The molecule has 22 heavy (non-hydrogen) atoms. The molecule has 0 unspecified atom stereocenters. The molecule has 1 N–H and O–H groups in total. The van der Waals surface area contributed by atoms with Gasteiger partial charge in [0.25, 0.3) is 5.56 Å². The van der Waals surface area contributed by atoms with Crippen LogP contribution in [-0.4, -0.2) is 39.1 Å². The first-order valence-corrected chi connectivity index (χ1v) is 9.15. The molecule has 1 atom stereocenters. The van der Waals surface area contributed by atoms with Gasteiger partial charge < -0.3 is 9.88 Å². The van der Waals surface area contributed by atoms with Crippen molar-refractivity contribution in [2.75, 3.05) is 12.3 Å². The van der Waals surface area contributed by atoms with Gasteiger partial charge in [0.1, 0.15) is 0 Å². The highest BCUT2D eigenvalue weighted by atomic mass is 32.2. The molecule has 1 amide bonds.